The Bertz CT molecular complexity index is 618. The summed E-state index contributed by atoms with van der Waals surface area (Å²) in [6.45, 7) is 5.62. The lowest BCUT2D eigenvalue weighted by Crippen LogP contribution is -2.58. The molecule has 0 saturated carbocycles. The Kier molecular flexibility index (Phi) is 4.12. The van der Waals surface area contributed by atoms with Crippen LogP contribution in [0.5, 0.6) is 0 Å². The molecule has 20 heavy (non-hydrogen) atoms. The number of piperazine rings is 1. The molecule has 2 rings (SSSR count). The highest BCUT2D eigenvalue weighted by atomic mass is 79.9. The summed E-state index contributed by atoms with van der Waals surface area (Å²) in [5.74, 6) is 0.0323. The highest BCUT2D eigenvalue weighted by Gasteiger charge is 2.38. The van der Waals surface area contributed by atoms with Gasteiger partial charge in [0.2, 0.25) is 10.0 Å². The standard InChI is InChI=1S/C12H19BrN4O2S/c1-12(2)8-17(5-4-16(12)3)20(18,19)10-6-9(13)7-15-11(10)14/h6-7H,4-5,8H2,1-3H3,(H2,14,15). The number of halogens is 1. The maximum atomic E-state index is 12.7. The van der Waals surface area contributed by atoms with E-state index in [1.165, 1.54) is 16.6 Å². The van der Waals surface area contributed by atoms with Gasteiger partial charge in [-0.3, -0.25) is 4.90 Å². The molecular formula is C12H19BrN4O2S. The van der Waals surface area contributed by atoms with Crippen molar-refractivity contribution < 1.29 is 8.42 Å². The zero-order valence-electron chi connectivity index (χ0n) is 11.8. The van der Waals surface area contributed by atoms with E-state index in [9.17, 15) is 8.42 Å². The van der Waals surface area contributed by atoms with Gasteiger partial charge < -0.3 is 5.73 Å². The van der Waals surface area contributed by atoms with Gasteiger partial charge in [0.15, 0.2) is 0 Å². The molecule has 0 spiro atoms. The van der Waals surface area contributed by atoms with E-state index in [0.29, 0.717) is 24.1 Å². The average molecular weight is 363 g/mol. The van der Waals surface area contributed by atoms with Crippen LogP contribution in [-0.4, -0.2) is 54.8 Å². The fourth-order valence-corrected chi connectivity index (χ4v) is 4.34. The number of anilines is 1. The van der Waals surface area contributed by atoms with Gasteiger partial charge in [0.25, 0.3) is 0 Å². The fourth-order valence-electron chi connectivity index (χ4n) is 2.18. The Morgan fingerprint density at radius 1 is 1.40 bits per heavy atom. The largest absolute Gasteiger partial charge is 0.383 e. The Balaban J connectivity index is 2.38. The number of rotatable bonds is 2. The minimum Gasteiger partial charge on any atom is -0.383 e. The lowest BCUT2D eigenvalue weighted by Gasteiger charge is -2.44. The summed E-state index contributed by atoms with van der Waals surface area (Å²) < 4.78 is 27.5. The number of aromatic nitrogens is 1. The van der Waals surface area contributed by atoms with E-state index in [1.54, 1.807) is 0 Å². The molecule has 0 aliphatic carbocycles. The molecule has 0 atom stereocenters. The van der Waals surface area contributed by atoms with Crippen LogP contribution in [0.1, 0.15) is 13.8 Å². The predicted molar refractivity (Wildman–Crippen MR) is 81.8 cm³/mol. The van der Waals surface area contributed by atoms with Crippen molar-refractivity contribution in [2.45, 2.75) is 24.3 Å². The van der Waals surface area contributed by atoms with Gasteiger partial charge in [0.1, 0.15) is 10.7 Å². The zero-order valence-corrected chi connectivity index (χ0v) is 14.2. The third-order valence-electron chi connectivity index (χ3n) is 3.75. The van der Waals surface area contributed by atoms with Gasteiger partial charge in [-0.2, -0.15) is 4.31 Å². The summed E-state index contributed by atoms with van der Waals surface area (Å²) in [6, 6.07) is 1.50. The number of pyridine rings is 1. The van der Waals surface area contributed by atoms with Gasteiger partial charge in [-0.25, -0.2) is 13.4 Å². The van der Waals surface area contributed by atoms with Crippen molar-refractivity contribution in [2.75, 3.05) is 32.4 Å². The van der Waals surface area contributed by atoms with Crippen molar-refractivity contribution in [3.8, 4) is 0 Å². The van der Waals surface area contributed by atoms with Crippen LogP contribution in [-0.2, 0) is 10.0 Å². The number of hydrogen-bond donors (Lipinski definition) is 1. The van der Waals surface area contributed by atoms with Crippen LogP contribution in [0.4, 0.5) is 5.82 Å². The highest BCUT2D eigenvalue weighted by Crippen LogP contribution is 2.28. The minimum atomic E-state index is -3.62. The molecule has 1 aromatic rings. The molecule has 0 radical (unpaired) electrons. The number of hydrogen-bond acceptors (Lipinski definition) is 5. The van der Waals surface area contributed by atoms with Gasteiger partial charge in [-0.1, -0.05) is 0 Å². The quantitative estimate of drug-likeness (QED) is 0.853. The van der Waals surface area contributed by atoms with Crippen LogP contribution in [0.25, 0.3) is 0 Å². The molecule has 1 aliphatic heterocycles. The number of nitrogens with two attached hydrogens (primary N) is 1. The first-order chi connectivity index (χ1) is 9.14. The summed E-state index contributed by atoms with van der Waals surface area (Å²) in [4.78, 5) is 6.12. The monoisotopic (exact) mass is 362 g/mol. The second kappa shape index (κ2) is 5.25. The molecule has 1 saturated heterocycles. The second-order valence-electron chi connectivity index (χ2n) is 5.61. The molecular weight excluding hydrogens is 344 g/mol. The molecule has 1 aliphatic rings. The van der Waals surface area contributed by atoms with Crippen LogP contribution in [0.3, 0.4) is 0 Å². The maximum Gasteiger partial charge on any atom is 0.246 e. The second-order valence-corrected chi connectivity index (χ2v) is 8.43. The van der Waals surface area contributed by atoms with Crippen molar-refractivity contribution in [3.63, 3.8) is 0 Å². The number of nitrogen functional groups attached to an aromatic ring is 1. The molecule has 2 N–H and O–H groups in total. The highest BCUT2D eigenvalue weighted by molar-refractivity contribution is 9.10. The molecule has 8 heteroatoms. The van der Waals surface area contributed by atoms with Crippen LogP contribution < -0.4 is 5.73 Å². The smallest absolute Gasteiger partial charge is 0.246 e. The molecule has 0 amide bonds. The number of nitrogens with zero attached hydrogens (tertiary/aromatic N) is 3. The van der Waals surface area contributed by atoms with E-state index >= 15 is 0 Å². The van der Waals surface area contributed by atoms with E-state index in [2.05, 4.69) is 25.8 Å². The third kappa shape index (κ3) is 2.83. The number of sulfonamides is 1. The molecule has 2 heterocycles. The van der Waals surface area contributed by atoms with Crippen LogP contribution in [0.15, 0.2) is 21.6 Å². The summed E-state index contributed by atoms with van der Waals surface area (Å²) >= 11 is 3.24. The summed E-state index contributed by atoms with van der Waals surface area (Å²) in [6.07, 6.45) is 1.49. The molecule has 0 unspecified atom stereocenters. The minimum absolute atomic E-state index is 0.0323. The summed E-state index contributed by atoms with van der Waals surface area (Å²) in [5.41, 5.74) is 5.52. The Morgan fingerprint density at radius 2 is 2.05 bits per heavy atom. The molecule has 0 bridgehead atoms. The summed E-state index contributed by atoms with van der Waals surface area (Å²) in [7, 11) is -1.62. The topological polar surface area (TPSA) is 79.5 Å². The van der Waals surface area contributed by atoms with Crippen molar-refractivity contribution in [1.82, 2.24) is 14.2 Å². The van der Waals surface area contributed by atoms with Crippen molar-refractivity contribution in [3.05, 3.63) is 16.7 Å². The van der Waals surface area contributed by atoms with E-state index in [4.69, 9.17) is 5.73 Å². The molecule has 112 valence electrons. The first-order valence-corrected chi connectivity index (χ1v) is 8.50. The third-order valence-corrected chi connectivity index (χ3v) is 6.06. The van der Waals surface area contributed by atoms with E-state index < -0.39 is 10.0 Å². The Morgan fingerprint density at radius 3 is 2.65 bits per heavy atom. The maximum absolute atomic E-state index is 12.7. The normalized spacial score (nSPS) is 21.0. The van der Waals surface area contributed by atoms with E-state index in [-0.39, 0.29) is 16.3 Å². The predicted octanol–water partition coefficient (Wildman–Crippen LogP) is 1.14. The van der Waals surface area contributed by atoms with Gasteiger partial charge in [-0.15, -0.1) is 0 Å². The van der Waals surface area contributed by atoms with Crippen molar-refractivity contribution in [2.24, 2.45) is 0 Å². The molecule has 1 aromatic heterocycles. The Labute approximate surface area is 128 Å². The van der Waals surface area contributed by atoms with Gasteiger partial charge >= 0.3 is 0 Å². The lowest BCUT2D eigenvalue weighted by molar-refractivity contribution is 0.0801. The van der Waals surface area contributed by atoms with Crippen LogP contribution in [0, 0.1) is 0 Å². The SMILES string of the molecule is CN1CCN(S(=O)(=O)c2cc(Br)cnc2N)CC1(C)C. The lowest BCUT2D eigenvalue weighted by atomic mass is 10.0. The first kappa shape index (κ1) is 15.7. The van der Waals surface area contributed by atoms with E-state index in [0.717, 1.165) is 0 Å². The molecule has 6 nitrogen and oxygen atoms in total. The van der Waals surface area contributed by atoms with Crippen LogP contribution in [0.2, 0.25) is 0 Å². The first-order valence-electron chi connectivity index (χ1n) is 6.27. The summed E-state index contributed by atoms with van der Waals surface area (Å²) in [5, 5.41) is 0. The molecule has 1 fully saturated rings. The fraction of sp³-hybridized carbons (Fsp3) is 0.583. The Hall–Kier alpha value is -0.700. The van der Waals surface area contributed by atoms with Crippen molar-refractivity contribution in [1.29, 1.82) is 0 Å². The average Bonchev–Trinajstić information content (AvgIpc) is 2.35. The number of likely N-dealkylation sites (N-methyl/N-ethyl adjacent to an activating group) is 1. The van der Waals surface area contributed by atoms with Crippen LogP contribution >= 0.6 is 15.9 Å². The molecule has 0 aromatic carbocycles. The zero-order chi connectivity index (χ0) is 15.1. The van der Waals surface area contributed by atoms with Gasteiger partial charge in [0, 0.05) is 35.8 Å². The van der Waals surface area contributed by atoms with Gasteiger partial charge in [-0.05, 0) is 42.9 Å². The van der Waals surface area contributed by atoms with Gasteiger partial charge in [0.05, 0.1) is 0 Å². The van der Waals surface area contributed by atoms with E-state index in [1.807, 2.05) is 20.9 Å². The van der Waals surface area contributed by atoms with Crippen molar-refractivity contribution >= 4 is 31.8 Å².